The fourth-order valence-corrected chi connectivity index (χ4v) is 3.47. The van der Waals surface area contributed by atoms with Gasteiger partial charge >= 0.3 is 6.09 Å². The Morgan fingerprint density at radius 2 is 1.82 bits per heavy atom. The standard InChI is InChI=1S/C17H29N3O4.C2H4O2/c1-11-6-7-13-8-9-19(12(2)21)10-14(15(22)20(11)13)18-16(23)24-17(3,4)5;1-4-2-3/h11,13-14H,6-10H2,1-5H3,(H,18,23);2H,1H3. The van der Waals surface area contributed by atoms with Crippen LogP contribution in [0.3, 0.4) is 0 Å². The van der Waals surface area contributed by atoms with Gasteiger partial charge < -0.3 is 24.6 Å². The van der Waals surface area contributed by atoms with E-state index in [0.29, 0.717) is 13.0 Å². The number of methoxy groups -OCH3 is 1. The fraction of sp³-hybridized carbons (Fsp3) is 0.789. The molecule has 2 heterocycles. The summed E-state index contributed by atoms with van der Waals surface area (Å²) in [6.07, 6.45) is 2.05. The first-order valence-electron chi connectivity index (χ1n) is 9.53. The average Bonchev–Trinajstić information content (AvgIpc) is 2.94. The molecule has 2 fully saturated rings. The smallest absolute Gasteiger partial charge is 0.408 e. The maximum absolute atomic E-state index is 13.0. The molecule has 28 heavy (non-hydrogen) atoms. The number of nitrogens with one attached hydrogen (secondary N) is 1. The van der Waals surface area contributed by atoms with E-state index in [2.05, 4.69) is 10.1 Å². The van der Waals surface area contributed by atoms with Crippen molar-refractivity contribution in [3.63, 3.8) is 0 Å². The predicted molar refractivity (Wildman–Crippen MR) is 102 cm³/mol. The molecular weight excluding hydrogens is 366 g/mol. The van der Waals surface area contributed by atoms with E-state index in [1.165, 1.54) is 14.0 Å². The second kappa shape index (κ2) is 10.3. The normalized spacial score (nSPS) is 24.8. The van der Waals surface area contributed by atoms with E-state index in [1.54, 1.807) is 25.7 Å². The molecule has 0 aliphatic carbocycles. The van der Waals surface area contributed by atoms with E-state index in [1.807, 2.05) is 11.8 Å². The van der Waals surface area contributed by atoms with Gasteiger partial charge in [-0.05, 0) is 47.0 Å². The number of alkyl carbamates (subject to hydrolysis) is 1. The Kier molecular flexibility index (Phi) is 8.71. The zero-order chi connectivity index (χ0) is 21.5. The van der Waals surface area contributed by atoms with Crippen molar-refractivity contribution in [2.75, 3.05) is 20.2 Å². The molecular formula is C19H33N3O6. The van der Waals surface area contributed by atoms with Crippen LogP contribution in [-0.4, -0.2) is 78.1 Å². The van der Waals surface area contributed by atoms with Gasteiger partial charge in [-0.1, -0.05) is 0 Å². The van der Waals surface area contributed by atoms with Crippen molar-refractivity contribution < 1.29 is 28.7 Å². The number of carbonyl (C=O) groups excluding carboxylic acids is 4. The Labute approximate surface area is 166 Å². The lowest BCUT2D eigenvalue weighted by Gasteiger charge is -2.38. The first-order valence-corrected chi connectivity index (χ1v) is 9.53. The number of hydrogen-bond acceptors (Lipinski definition) is 6. The Bertz CT molecular complexity index is 575. The van der Waals surface area contributed by atoms with Gasteiger partial charge in [0.15, 0.2) is 0 Å². The van der Waals surface area contributed by atoms with Gasteiger partial charge in [-0.2, -0.15) is 0 Å². The number of fused-ring (bicyclic) bond motifs is 1. The van der Waals surface area contributed by atoms with Crippen LogP contribution in [0.15, 0.2) is 0 Å². The summed E-state index contributed by atoms with van der Waals surface area (Å²) in [4.78, 5) is 49.4. The third-order valence-electron chi connectivity index (χ3n) is 4.71. The van der Waals surface area contributed by atoms with Crippen LogP contribution in [0.25, 0.3) is 0 Å². The number of nitrogens with zero attached hydrogens (tertiary/aromatic N) is 2. The minimum atomic E-state index is -0.771. The number of carbonyl (C=O) groups is 4. The maximum Gasteiger partial charge on any atom is 0.408 e. The average molecular weight is 399 g/mol. The molecule has 0 aromatic rings. The van der Waals surface area contributed by atoms with E-state index >= 15 is 0 Å². The molecule has 0 bridgehead atoms. The highest BCUT2D eigenvalue weighted by molar-refractivity contribution is 5.87. The van der Waals surface area contributed by atoms with Crippen LogP contribution in [0, 0.1) is 0 Å². The van der Waals surface area contributed by atoms with Crippen molar-refractivity contribution >= 4 is 24.4 Å². The lowest BCUT2D eigenvalue weighted by atomic mass is 10.1. The van der Waals surface area contributed by atoms with Crippen molar-refractivity contribution in [2.45, 2.75) is 77.6 Å². The quantitative estimate of drug-likeness (QED) is 0.702. The molecule has 2 aliphatic rings. The molecule has 160 valence electrons. The molecule has 0 aromatic carbocycles. The summed E-state index contributed by atoms with van der Waals surface area (Å²) in [6, 6.07) is -0.473. The zero-order valence-electron chi connectivity index (χ0n) is 17.7. The summed E-state index contributed by atoms with van der Waals surface area (Å²) in [5, 5.41) is 2.66. The van der Waals surface area contributed by atoms with Gasteiger partial charge in [-0.3, -0.25) is 14.4 Å². The van der Waals surface area contributed by atoms with Gasteiger partial charge in [0.25, 0.3) is 6.47 Å². The van der Waals surface area contributed by atoms with Gasteiger partial charge in [0.1, 0.15) is 11.6 Å². The van der Waals surface area contributed by atoms with Gasteiger partial charge in [-0.15, -0.1) is 0 Å². The summed E-state index contributed by atoms with van der Waals surface area (Å²) >= 11 is 0. The molecule has 3 unspecified atom stereocenters. The SMILES string of the molecule is CC(=O)N1CCC2CCC(C)N2C(=O)C(NC(=O)OC(C)(C)C)C1.COC=O. The summed E-state index contributed by atoms with van der Waals surface area (Å²) in [5.41, 5.74) is -0.640. The number of rotatable bonds is 2. The molecule has 2 saturated heterocycles. The van der Waals surface area contributed by atoms with Crippen LogP contribution in [-0.2, 0) is 23.9 Å². The highest BCUT2D eigenvalue weighted by Gasteiger charge is 2.41. The van der Waals surface area contributed by atoms with Crippen LogP contribution < -0.4 is 5.32 Å². The number of ether oxygens (including phenoxy) is 2. The molecule has 9 nitrogen and oxygen atoms in total. The topological polar surface area (TPSA) is 105 Å². The third kappa shape index (κ3) is 7.01. The minimum absolute atomic E-state index is 0.0849. The van der Waals surface area contributed by atoms with Crippen molar-refractivity contribution in [3.8, 4) is 0 Å². The first-order chi connectivity index (χ1) is 13.0. The lowest BCUT2D eigenvalue weighted by molar-refractivity contribution is -0.140. The Hall–Kier alpha value is -2.32. The zero-order valence-corrected chi connectivity index (χ0v) is 17.7. The lowest BCUT2D eigenvalue weighted by Crippen LogP contribution is -2.59. The second-order valence-corrected chi connectivity index (χ2v) is 8.11. The van der Waals surface area contributed by atoms with E-state index < -0.39 is 17.7 Å². The van der Waals surface area contributed by atoms with E-state index in [0.717, 1.165) is 19.3 Å². The van der Waals surface area contributed by atoms with E-state index in [4.69, 9.17) is 9.53 Å². The van der Waals surface area contributed by atoms with Crippen LogP contribution in [0.5, 0.6) is 0 Å². The van der Waals surface area contributed by atoms with E-state index in [-0.39, 0.29) is 30.4 Å². The molecule has 0 aromatic heterocycles. The van der Waals surface area contributed by atoms with Crippen LogP contribution in [0.4, 0.5) is 4.79 Å². The monoisotopic (exact) mass is 399 g/mol. The molecule has 1 N–H and O–H groups in total. The second-order valence-electron chi connectivity index (χ2n) is 8.11. The Morgan fingerprint density at radius 3 is 2.32 bits per heavy atom. The van der Waals surface area contributed by atoms with Crippen LogP contribution >= 0.6 is 0 Å². The molecule has 3 amide bonds. The highest BCUT2D eigenvalue weighted by Crippen LogP contribution is 2.28. The summed E-state index contributed by atoms with van der Waals surface area (Å²) < 4.78 is 9.13. The molecule has 2 rings (SSSR count). The van der Waals surface area contributed by atoms with Gasteiger partial charge in [-0.25, -0.2) is 4.79 Å². The molecule has 3 atom stereocenters. The Balaban J connectivity index is 0.000000892. The van der Waals surface area contributed by atoms with Crippen molar-refractivity contribution in [1.29, 1.82) is 0 Å². The van der Waals surface area contributed by atoms with E-state index in [9.17, 15) is 14.4 Å². The molecule has 2 aliphatic heterocycles. The maximum atomic E-state index is 13.0. The molecule has 9 heteroatoms. The molecule has 0 radical (unpaired) electrons. The van der Waals surface area contributed by atoms with Crippen molar-refractivity contribution in [3.05, 3.63) is 0 Å². The van der Waals surface area contributed by atoms with Gasteiger partial charge in [0.05, 0.1) is 13.7 Å². The summed E-state index contributed by atoms with van der Waals surface area (Å²) in [7, 11) is 1.31. The number of hydrogen-bond donors (Lipinski definition) is 1. The first kappa shape index (κ1) is 23.7. The number of amides is 3. The highest BCUT2D eigenvalue weighted by atomic mass is 16.6. The molecule has 0 saturated carbocycles. The Morgan fingerprint density at radius 1 is 1.21 bits per heavy atom. The molecule has 0 spiro atoms. The van der Waals surface area contributed by atoms with Crippen molar-refractivity contribution in [2.24, 2.45) is 0 Å². The predicted octanol–water partition coefficient (Wildman–Crippen LogP) is 1.30. The fourth-order valence-electron chi connectivity index (χ4n) is 3.47. The minimum Gasteiger partial charge on any atom is -0.471 e. The van der Waals surface area contributed by atoms with Gasteiger partial charge in [0, 0.05) is 25.6 Å². The summed E-state index contributed by atoms with van der Waals surface area (Å²) in [5.74, 6) is -0.208. The summed E-state index contributed by atoms with van der Waals surface area (Å²) in [6.45, 7) is 10.00. The largest absolute Gasteiger partial charge is 0.471 e. The third-order valence-corrected chi connectivity index (χ3v) is 4.71. The van der Waals surface area contributed by atoms with Crippen LogP contribution in [0.2, 0.25) is 0 Å². The van der Waals surface area contributed by atoms with Crippen molar-refractivity contribution in [1.82, 2.24) is 15.1 Å². The van der Waals surface area contributed by atoms with Gasteiger partial charge in [0.2, 0.25) is 11.8 Å². The van der Waals surface area contributed by atoms with Crippen LogP contribution in [0.1, 0.15) is 53.9 Å².